The molecule has 7 nitrogen and oxygen atoms in total. The highest BCUT2D eigenvalue weighted by Gasteiger charge is 2.32. The van der Waals surface area contributed by atoms with E-state index in [-0.39, 0.29) is 23.9 Å². The highest BCUT2D eigenvalue weighted by Crippen LogP contribution is 2.16. The third-order valence-electron chi connectivity index (χ3n) is 5.20. The second-order valence-corrected chi connectivity index (χ2v) is 7.03. The normalized spacial score (nSPS) is 22.3. The van der Waals surface area contributed by atoms with E-state index in [1.54, 1.807) is 17.0 Å². The van der Waals surface area contributed by atoms with Crippen molar-refractivity contribution in [3.8, 4) is 0 Å². The maximum Gasteiger partial charge on any atom is 0.289 e. The van der Waals surface area contributed by atoms with Crippen molar-refractivity contribution in [3.05, 3.63) is 24.2 Å². The van der Waals surface area contributed by atoms with Crippen LogP contribution in [0.15, 0.2) is 22.8 Å². The van der Waals surface area contributed by atoms with E-state index in [9.17, 15) is 9.59 Å². The van der Waals surface area contributed by atoms with Crippen molar-refractivity contribution in [2.75, 3.05) is 39.4 Å². The lowest BCUT2D eigenvalue weighted by Crippen LogP contribution is -2.56. The van der Waals surface area contributed by atoms with E-state index >= 15 is 0 Å². The summed E-state index contributed by atoms with van der Waals surface area (Å²) in [5, 5.41) is 3.17. The average molecular weight is 363 g/mol. The monoisotopic (exact) mass is 363 g/mol. The molecule has 1 atom stereocenters. The first-order valence-corrected chi connectivity index (χ1v) is 9.64. The summed E-state index contributed by atoms with van der Waals surface area (Å²) in [5.74, 6) is 0.348. The minimum atomic E-state index is -0.196. The molecular formula is C19H29N3O4. The zero-order chi connectivity index (χ0) is 18.4. The van der Waals surface area contributed by atoms with Crippen molar-refractivity contribution < 1.29 is 18.7 Å². The average Bonchev–Trinajstić information content (AvgIpc) is 3.21. The Kier molecular flexibility index (Phi) is 6.68. The van der Waals surface area contributed by atoms with Gasteiger partial charge < -0.3 is 19.4 Å². The summed E-state index contributed by atoms with van der Waals surface area (Å²) in [4.78, 5) is 29.0. The summed E-state index contributed by atoms with van der Waals surface area (Å²) in [6, 6.07) is 3.32. The van der Waals surface area contributed by atoms with Crippen LogP contribution in [0.5, 0.6) is 0 Å². The molecule has 2 saturated heterocycles. The largest absolute Gasteiger partial charge is 0.459 e. The summed E-state index contributed by atoms with van der Waals surface area (Å²) < 4.78 is 10.7. The second-order valence-electron chi connectivity index (χ2n) is 7.03. The molecule has 3 rings (SSSR count). The molecule has 144 valence electrons. The number of rotatable bonds is 6. The molecule has 0 aliphatic carbocycles. The maximum atomic E-state index is 12.7. The Morgan fingerprint density at radius 2 is 2.08 bits per heavy atom. The minimum absolute atomic E-state index is 0.0524. The van der Waals surface area contributed by atoms with Gasteiger partial charge in [0.2, 0.25) is 5.91 Å². The van der Waals surface area contributed by atoms with Gasteiger partial charge in [-0.25, -0.2) is 0 Å². The molecule has 2 aliphatic rings. The molecule has 3 heterocycles. The molecule has 0 aromatic carbocycles. The predicted molar refractivity (Wildman–Crippen MR) is 96.9 cm³/mol. The molecule has 0 spiro atoms. The van der Waals surface area contributed by atoms with Crippen molar-refractivity contribution in [2.24, 2.45) is 0 Å². The summed E-state index contributed by atoms with van der Waals surface area (Å²) in [5.41, 5.74) is 0. The number of nitrogens with one attached hydrogen (secondary N) is 1. The SMILES string of the molecule is CCCCN1CCOC[C@H]1C(=O)NC1CCN(C(=O)c2ccco2)CC1. The number of morpholine rings is 1. The van der Waals surface area contributed by atoms with Gasteiger partial charge in [-0.1, -0.05) is 13.3 Å². The molecule has 0 radical (unpaired) electrons. The van der Waals surface area contributed by atoms with Crippen molar-refractivity contribution in [1.82, 2.24) is 15.1 Å². The third kappa shape index (κ3) is 4.65. The lowest BCUT2D eigenvalue weighted by Gasteiger charge is -2.37. The van der Waals surface area contributed by atoms with Gasteiger partial charge in [0, 0.05) is 25.7 Å². The van der Waals surface area contributed by atoms with E-state index in [1.807, 2.05) is 0 Å². The van der Waals surface area contributed by atoms with Crippen LogP contribution in [-0.2, 0) is 9.53 Å². The van der Waals surface area contributed by atoms with E-state index in [0.29, 0.717) is 32.1 Å². The van der Waals surface area contributed by atoms with Gasteiger partial charge in [-0.05, 0) is 37.9 Å². The number of nitrogens with zero attached hydrogens (tertiary/aromatic N) is 2. The zero-order valence-electron chi connectivity index (χ0n) is 15.5. The first kappa shape index (κ1) is 18.9. The molecule has 1 aromatic heterocycles. The number of carbonyl (C=O) groups is 2. The van der Waals surface area contributed by atoms with Crippen molar-refractivity contribution >= 4 is 11.8 Å². The standard InChI is InChI=1S/C19H29N3O4/c1-2-3-8-21-11-13-25-14-16(21)18(23)20-15-6-9-22(10-7-15)19(24)17-5-4-12-26-17/h4-5,12,15-16H,2-3,6-11,13-14H2,1H3,(H,20,23)/t16-/m0/s1. The van der Waals surface area contributed by atoms with E-state index < -0.39 is 0 Å². The number of furan rings is 1. The summed E-state index contributed by atoms with van der Waals surface area (Å²) in [6.07, 6.45) is 5.25. The van der Waals surface area contributed by atoms with E-state index in [2.05, 4.69) is 17.1 Å². The summed E-state index contributed by atoms with van der Waals surface area (Å²) in [7, 11) is 0. The molecule has 7 heteroatoms. The number of likely N-dealkylation sites (tertiary alicyclic amines) is 1. The Balaban J connectivity index is 1.47. The lowest BCUT2D eigenvalue weighted by molar-refractivity contribution is -0.133. The van der Waals surface area contributed by atoms with Crippen LogP contribution in [0.1, 0.15) is 43.2 Å². The number of hydrogen-bond acceptors (Lipinski definition) is 5. The van der Waals surface area contributed by atoms with Crippen molar-refractivity contribution in [2.45, 2.75) is 44.7 Å². The Morgan fingerprint density at radius 3 is 2.77 bits per heavy atom. The number of hydrogen-bond donors (Lipinski definition) is 1. The molecule has 2 amide bonds. The molecule has 1 N–H and O–H groups in total. The van der Waals surface area contributed by atoms with Crippen LogP contribution in [0.4, 0.5) is 0 Å². The van der Waals surface area contributed by atoms with Crippen LogP contribution < -0.4 is 5.32 Å². The van der Waals surface area contributed by atoms with Crippen LogP contribution in [-0.4, -0.2) is 73.1 Å². The number of unbranched alkanes of at least 4 members (excludes halogenated alkanes) is 1. The first-order chi connectivity index (χ1) is 12.7. The van der Waals surface area contributed by atoms with E-state index in [4.69, 9.17) is 9.15 Å². The first-order valence-electron chi connectivity index (χ1n) is 9.64. The Labute approximate surface area is 154 Å². The highest BCUT2D eigenvalue weighted by molar-refractivity contribution is 5.91. The molecule has 0 unspecified atom stereocenters. The van der Waals surface area contributed by atoms with Gasteiger partial charge in [-0.15, -0.1) is 0 Å². The molecule has 0 bridgehead atoms. The van der Waals surface area contributed by atoms with Gasteiger partial charge in [0.05, 0.1) is 19.5 Å². The van der Waals surface area contributed by atoms with Crippen LogP contribution >= 0.6 is 0 Å². The van der Waals surface area contributed by atoms with Crippen molar-refractivity contribution in [1.29, 1.82) is 0 Å². The maximum absolute atomic E-state index is 12.7. The molecule has 2 fully saturated rings. The predicted octanol–water partition coefficient (Wildman–Crippen LogP) is 1.50. The molecular weight excluding hydrogens is 334 g/mol. The minimum Gasteiger partial charge on any atom is -0.459 e. The quantitative estimate of drug-likeness (QED) is 0.829. The summed E-state index contributed by atoms with van der Waals surface area (Å²) in [6.45, 7) is 6.33. The van der Waals surface area contributed by atoms with E-state index in [0.717, 1.165) is 38.8 Å². The fourth-order valence-corrected chi connectivity index (χ4v) is 3.59. The molecule has 0 saturated carbocycles. The number of carbonyl (C=O) groups excluding carboxylic acids is 2. The van der Waals surface area contributed by atoms with Crippen molar-refractivity contribution in [3.63, 3.8) is 0 Å². The van der Waals surface area contributed by atoms with Crippen LogP contribution in [0.3, 0.4) is 0 Å². The lowest BCUT2D eigenvalue weighted by atomic mass is 10.0. The number of amides is 2. The molecule has 1 aromatic rings. The Bertz CT molecular complexity index is 582. The molecule has 2 aliphatic heterocycles. The van der Waals surface area contributed by atoms with Gasteiger partial charge in [-0.2, -0.15) is 0 Å². The van der Waals surface area contributed by atoms with Crippen LogP contribution in [0, 0.1) is 0 Å². The molecule has 26 heavy (non-hydrogen) atoms. The fourth-order valence-electron chi connectivity index (χ4n) is 3.59. The Morgan fingerprint density at radius 1 is 1.27 bits per heavy atom. The van der Waals surface area contributed by atoms with Gasteiger partial charge in [0.25, 0.3) is 5.91 Å². The second kappa shape index (κ2) is 9.19. The van der Waals surface area contributed by atoms with Gasteiger partial charge in [0.15, 0.2) is 5.76 Å². The number of ether oxygens (including phenoxy) is 1. The smallest absolute Gasteiger partial charge is 0.289 e. The topological polar surface area (TPSA) is 75.0 Å². The van der Waals surface area contributed by atoms with Crippen LogP contribution in [0.25, 0.3) is 0 Å². The van der Waals surface area contributed by atoms with Gasteiger partial charge >= 0.3 is 0 Å². The van der Waals surface area contributed by atoms with E-state index in [1.165, 1.54) is 6.26 Å². The van der Waals surface area contributed by atoms with Gasteiger partial charge in [-0.3, -0.25) is 14.5 Å². The number of piperidine rings is 1. The fraction of sp³-hybridized carbons (Fsp3) is 0.684. The van der Waals surface area contributed by atoms with Gasteiger partial charge in [0.1, 0.15) is 6.04 Å². The zero-order valence-corrected chi connectivity index (χ0v) is 15.5. The Hall–Kier alpha value is -1.86. The van der Waals surface area contributed by atoms with Crippen LogP contribution in [0.2, 0.25) is 0 Å². The highest BCUT2D eigenvalue weighted by atomic mass is 16.5. The summed E-state index contributed by atoms with van der Waals surface area (Å²) >= 11 is 0. The third-order valence-corrected chi connectivity index (χ3v) is 5.20.